The van der Waals surface area contributed by atoms with E-state index in [0.29, 0.717) is 27.1 Å². The van der Waals surface area contributed by atoms with Gasteiger partial charge in [-0.3, -0.25) is 24.6 Å². The molecule has 0 aliphatic carbocycles. The van der Waals surface area contributed by atoms with Crippen LogP contribution in [0.4, 0.5) is 10.5 Å². The first-order chi connectivity index (χ1) is 17.3. The van der Waals surface area contributed by atoms with Gasteiger partial charge in [0.25, 0.3) is 16.8 Å². The molecule has 0 bridgehead atoms. The molecule has 0 radical (unpaired) electrons. The highest BCUT2D eigenvalue weighted by molar-refractivity contribution is 8.18. The Bertz CT molecular complexity index is 1390. The van der Waals surface area contributed by atoms with Crippen LogP contribution in [0.2, 0.25) is 10.0 Å². The van der Waals surface area contributed by atoms with E-state index >= 15 is 0 Å². The van der Waals surface area contributed by atoms with Gasteiger partial charge in [0.1, 0.15) is 6.61 Å². The standard InChI is InChI=1S/C25H18Cl2N2O6S/c1-34-22-10-15(6-9-21(22)35-14-17-7-8-18(26)12-19(17)27)11-23-24(30)28(25(31)36-23)13-16-4-2-3-5-20(16)29(32)33/h2-12H,13-14H2,1H3/b23-11+. The Morgan fingerprint density at radius 2 is 1.81 bits per heavy atom. The van der Waals surface area contributed by atoms with E-state index in [1.54, 1.807) is 48.5 Å². The second-order valence-electron chi connectivity index (χ2n) is 7.59. The molecule has 11 heteroatoms. The van der Waals surface area contributed by atoms with E-state index in [-0.39, 0.29) is 29.3 Å². The van der Waals surface area contributed by atoms with Gasteiger partial charge in [-0.2, -0.15) is 0 Å². The Morgan fingerprint density at radius 3 is 2.53 bits per heavy atom. The number of nitro benzene ring substituents is 1. The number of methoxy groups -OCH3 is 1. The van der Waals surface area contributed by atoms with Gasteiger partial charge in [-0.1, -0.05) is 53.5 Å². The number of thioether (sulfide) groups is 1. The molecule has 184 valence electrons. The molecule has 4 rings (SSSR count). The number of hydrogen-bond acceptors (Lipinski definition) is 7. The Labute approximate surface area is 220 Å². The van der Waals surface area contributed by atoms with Gasteiger partial charge >= 0.3 is 0 Å². The van der Waals surface area contributed by atoms with Crippen molar-refractivity contribution in [2.45, 2.75) is 13.2 Å². The average Bonchev–Trinajstić information content (AvgIpc) is 3.11. The van der Waals surface area contributed by atoms with Crippen molar-refractivity contribution in [1.82, 2.24) is 4.90 Å². The molecule has 0 N–H and O–H groups in total. The van der Waals surface area contributed by atoms with Crippen molar-refractivity contribution in [3.8, 4) is 11.5 Å². The van der Waals surface area contributed by atoms with Crippen LogP contribution >= 0.6 is 35.0 Å². The van der Waals surface area contributed by atoms with Crippen LogP contribution in [0.15, 0.2) is 65.6 Å². The fourth-order valence-electron chi connectivity index (χ4n) is 3.47. The van der Waals surface area contributed by atoms with Gasteiger partial charge < -0.3 is 9.47 Å². The zero-order valence-corrected chi connectivity index (χ0v) is 21.1. The topological polar surface area (TPSA) is 99.0 Å². The third kappa shape index (κ3) is 5.64. The SMILES string of the molecule is COc1cc(/C=C2/SC(=O)N(Cc3ccccc3[N+](=O)[O-])C2=O)ccc1OCc1ccc(Cl)cc1Cl. The second kappa shape index (κ2) is 11.0. The number of rotatable bonds is 8. The molecule has 1 fully saturated rings. The number of hydrogen-bond donors (Lipinski definition) is 0. The molecular weight excluding hydrogens is 527 g/mol. The minimum absolute atomic E-state index is 0.152. The number of nitro groups is 1. The molecule has 8 nitrogen and oxygen atoms in total. The molecule has 1 saturated heterocycles. The summed E-state index contributed by atoms with van der Waals surface area (Å²) in [5.74, 6) is 0.359. The molecule has 0 unspecified atom stereocenters. The molecule has 1 aliphatic heterocycles. The van der Waals surface area contributed by atoms with Crippen molar-refractivity contribution < 1.29 is 24.0 Å². The fraction of sp³-hybridized carbons (Fsp3) is 0.120. The number of carbonyl (C=O) groups is 2. The highest BCUT2D eigenvalue weighted by Crippen LogP contribution is 2.36. The van der Waals surface area contributed by atoms with Crippen molar-refractivity contribution >= 4 is 57.9 Å². The minimum atomic E-state index is -0.541. The lowest BCUT2D eigenvalue weighted by molar-refractivity contribution is -0.385. The first kappa shape index (κ1) is 25.6. The van der Waals surface area contributed by atoms with Crippen LogP contribution in [-0.4, -0.2) is 28.1 Å². The summed E-state index contributed by atoms with van der Waals surface area (Å²) < 4.78 is 11.3. The summed E-state index contributed by atoms with van der Waals surface area (Å²) in [4.78, 5) is 37.3. The van der Waals surface area contributed by atoms with Crippen LogP contribution in [0.5, 0.6) is 11.5 Å². The van der Waals surface area contributed by atoms with Gasteiger partial charge in [0, 0.05) is 27.2 Å². The third-order valence-electron chi connectivity index (χ3n) is 5.27. The van der Waals surface area contributed by atoms with Crippen molar-refractivity contribution in [2.75, 3.05) is 7.11 Å². The molecule has 0 saturated carbocycles. The molecule has 36 heavy (non-hydrogen) atoms. The Morgan fingerprint density at radius 1 is 1.03 bits per heavy atom. The van der Waals surface area contributed by atoms with Gasteiger partial charge in [-0.05, 0) is 47.7 Å². The lowest BCUT2D eigenvalue weighted by atomic mass is 10.1. The summed E-state index contributed by atoms with van der Waals surface area (Å²) in [6, 6.07) is 16.2. The maximum atomic E-state index is 12.9. The number of imide groups is 1. The predicted octanol–water partition coefficient (Wildman–Crippen LogP) is 6.73. The first-order valence-corrected chi connectivity index (χ1v) is 12.1. The van der Waals surface area contributed by atoms with E-state index in [4.69, 9.17) is 32.7 Å². The maximum absolute atomic E-state index is 12.9. The first-order valence-electron chi connectivity index (χ1n) is 10.5. The zero-order valence-electron chi connectivity index (χ0n) is 18.8. The van der Waals surface area contributed by atoms with Crippen LogP contribution in [0.1, 0.15) is 16.7 Å². The van der Waals surface area contributed by atoms with E-state index in [1.807, 2.05) is 0 Å². The lowest BCUT2D eigenvalue weighted by Crippen LogP contribution is -2.27. The molecular formula is C25H18Cl2N2O6S. The molecule has 0 spiro atoms. The van der Waals surface area contributed by atoms with Crippen LogP contribution in [-0.2, 0) is 17.9 Å². The Hall–Kier alpha value is -3.53. The maximum Gasteiger partial charge on any atom is 0.293 e. The Kier molecular flexibility index (Phi) is 7.83. The van der Waals surface area contributed by atoms with E-state index in [2.05, 4.69) is 0 Å². The number of ether oxygens (including phenoxy) is 2. The van der Waals surface area contributed by atoms with Crippen molar-refractivity contribution in [3.63, 3.8) is 0 Å². The van der Waals surface area contributed by atoms with E-state index < -0.39 is 16.1 Å². The number of halogens is 2. The largest absolute Gasteiger partial charge is 0.493 e. The van der Waals surface area contributed by atoms with E-state index in [1.165, 1.54) is 25.3 Å². The molecule has 3 aromatic rings. The molecule has 1 aliphatic rings. The monoisotopic (exact) mass is 544 g/mol. The van der Waals surface area contributed by atoms with Crippen LogP contribution in [0, 0.1) is 10.1 Å². The average molecular weight is 545 g/mol. The number of benzene rings is 3. The van der Waals surface area contributed by atoms with Crippen molar-refractivity contribution in [2.24, 2.45) is 0 Å². The Balaban J connectivity index is 1.51. The van der Waals surface area contributed by atoms with E-state index in [0.717, 1.165) is 22.2 Å². The second-order valence-corrected chi connectivity index (χ2v) is 9.43. The zero-order chi connectivity index (χ0) is 25.8. The number of carbonyl (C=O) groups excluding carboxylic acids is 2. The summed E-state index contributed by atoms with van der Waals surface area (Å²) in [6.07, 6.45) is 1.56. The van der Waals surface area contributed by atoms with Crippen molar-refractivity contribution in [3.05, 3.63) is 102 Å². The number of nitrogens with zero attached hydrogens (tertiary/aromatic N) is 2. The number of amides is 2. The molecule has 0 atom stereocenters. The summed E-state index contributed by atoms with van der Waals surface area (Å²) >= 11 is 12.9. The van der Waals surface area contributed by atoms with Gasteiger partial charge in [0.2, 0.25) is 0 Å². The molecule has 1 heterocycles. The summed E-state index contributed by atoms with van der Waals surface area (Å²) in [6.45, 7) is -0.00125. The smallest absolute Gasteiger partial charge is 0.293 e. The normalized spacial score (nSPS) is 14.4. The lowest BCUT2D eigenvalue weighted by Gasteiger charge is -2.13. The highest BCUT2D eigenvalue weighted by atomic mass is 35.5. The van der Waals surface area contributed by atoms with Crippen LogP contribution < -0.4 is 9.47 Å². The fourth-order valence-corrected chi connectivity index (χ4v) is 4.77. The van der Waals surface area contributed by atoms with Crippen LogP contribution in [0.3, 0.4) is 0 Å². The van der Waals surface area contributed by atoms with E-state index in [9.17, 15) is 19.7 Å². The highest BCUT2D eigenvalue weighted by Gasteiger charge is 2.36. The van der Waals surface area contributed by atoms with Crippen LogP contribution in [0.25, 0.3) is 6.08 Å². The van der Waals surface area contributed by atoms with Gasteiger partial charge in [0.15, 0.2) is 11.5 Å². The van der Waals surface area contributed by atoms with Crippen molar-refractivity contribution in [1.29, 1.82) is 0 Å². The molecule has 2 amide bonds. The quantitative estimate of drug-likeness (QED) is 0.176. The third-order valence-corrected chi connectivity index (χ3v) is 6.77. The van der Waals surface area contributed by atoms with Gasteiger partial charge in [-0.15, -0.1) is 0 Å². The van der Waals surface area contributed by atoms with Gasteiger partial charge in [-0.25, -0.2) is 0 Å². The summed E-state index contributed by atoms with van der Waals surface area (Å²) in [5.41, 5.74) is 1.48. The van der Waals surface area contributed by atoms with Gasteiger partial charge in [0.05, 0.1) is 23.5 Å². The minimum Gasteiger partial charge on any atom is -0.493 e. The number of para-hydroxylation sites is 1. The predicted molar refractivity (Wildman–Crippen MR) is 138 cm³/mol. The summed E-state index contributed by atoms with van der Waals surface area (Å²) in [7, 11) is 1.49. The summed E-state index contributed by atoms with van der Waals surface area (Å²) in [5, 5.41) is 11.8. The molecule has 0 aromatic heterocycles. The molecule has 3 aromatic carbocycles.